The molecule has 2 aliphatic carbocycles. The van der Waals surface area contributed by atoms with Crippen molar-refractivity contribution in [3.63, 3.8) is 0 Å². The number of ketones is 1. The van der Waals surface area contributed by atoms with Crippen LogP contribution in [0.1, 0.15) is 51.9 Å². The molecule has 68 valence electrons. The molecule has 2 rings (SSSR count). The lowest BCUT2D eigenvalue weighted by atomic mass is 9.76. The van der Waals surface area contributed by atoms with Gasteiger partial charge in [0.2, 0.25) is 0 Å². The molecule has 2 aliphatic rings. The fraction of sp³-hybridized carbons (Fsp3) is 0.909. The highest BCUT2D eigenvalue weighted by atomic mass is 16.1. The van der Waals surface area contributed by atoms with Crippen LogP contribution in [0.15, 0.2) is 0 Å². The third-order valence-electron chi connectivity index (χ3n) is 3.86. The van der Waals surface area contributed by atoms with Crippen molar-refractivity contribution in [2.75, 3.05) is 0 Å². The molecule has 0 aliphatic heterocycles. The molecule has 0 radical (unpaired) electrons. The number of carbonyl (C=O) groups is 1. The molecule has 0 aromatic rings. The van der Waals surface area contributed by atoms with Gasteiger partial charge in [-0.25, -0.2) is 0 Å². The van der Waals surface area contributed by atoms with E-state index in [-0.39, 0.29) is 0 Å². The monoisotopic (exact) mass is 166 g/mol. The summed E-state index contributed by atoms with van der Waals surface area (Å²) in [4.78, 5) is 11.3. The van der Waals surface area contributed by atoms with Crippen molar-refractivity contribution in [2.45, 2.75) is 51.9 Å². The lowest BCUT2D eigenvalue weighted by Crippen LogP contribution is -2.19. The van der Waals surface area contributed by atoms with E-state index in [0.29, 0.717) is 11.2 Å². The Morgan fingerprint density at radius 1 is 1.33 bits per heavy atom. The molecule has 12 heavy (non-hydrogen) atoms. The van der Waals surface area contributed by atoms with E-state index in [2.05, 4.69) is 6.92 Å². The smallest absolute Gasteiger partial charge is 0.133 e. The molecule has 0 spiro atoms. The van der Waals surface area contributed by atoms with Crippen molar-refractivity contribution in [1.29, 1.82) is 0 Å². The second-order valence-electron chi connectivity index (χ2n) is 4.87. The average Bonchev–Trinajstić information content (AvgIpc) is 2.14. The SMILES string of the molecule is CC12CCCCCC1CC(=O)C2. The highest BCUT2D eigenvalue weighted by Crippen LogP contribution is 2.49. The average molecular weight is 166 g/mol. The minimum absolute atomic E-state index is 0.396. The van der Waals surface area contributed by atoms with Crippen LogP contribution in [-0.4, -0.2) is 5.78 Å². The molecule has 0 aromatic heterocycles. The van der Waals surface area contributed by atoms with Crippen LogP contribution in [0.2, 0.25) is 0 Å². The quantitative estimate of drug-likeness (QED) is 0.540. The molecular weight excluding hydrogens is 148 g/mol. The van der Waals surface area contributed by atoms with Gasteiger partial charge < -0.3 is 0 Å². The van der Waals surface area contributed by atoms with Gasteiger partial charge in [0.1, 0.15) is 5.78 Å². The Hall–Kier alpha value is -0.330. The molecule has 2 fully saturated rings. The second kappa shape index (κ2) is 2.86. The van der Waals surface area contributed by atoms with E-state index in [1.54, 1.807) is 0 Å². The summed E-state index contributed by atoms with van der Waals surface area (Å²) in [6, 6.07) is 0. The molecular formula is C11H18O. The van der Waals surface area contributed by atoms with E-state index < -0.39 is 0 Å². The number of hydrogen-bond donors (Lipinski definition) is 0. The highest BCUT2D eigenvalue weighted by molar-refractivity contribution is 5.81. The summed E-state index contributed by atoms with van der Waals surface area (Å²) in [5, 5.41) is 0. The first kappa shape index (κ1) is 8.28. The Morgan fingerprint density at radius 2 is 2.17 bits per heavy atom. The van der Waals surface area contributed by atoms with Crippen LogP contribution in [-0.2, 0) is 4.79 Å². The zero-order valence-corrected chi connectivity index (χ0v) is 7.94. The van der Waals surface area contributed by atoms with Gasteiger partial charge in [0.15, 0.2) is 0 Å². The topological polar surface area (TPSA) is 17.1 Å². The van der Waals surface area contributed by atoms with E-state index in [0.717, 1.165) is 18.8 Å². The zero-order chi connectivity index (χ0) is 8.60. The first-order valence-corrected chi connectivity index (χ1v) is 5.22. The standard InChI is InChI=1S/C11H18O/c1-11-6-4-2-3-5-9(11)7-10(12)8-11/h9H,2-8H2,1H3. The summed E-state index contributed by atoms with van der Waals surface area (Å²) in [5.41, 5.74) is 0.396. The number of rotatable bonds is 0. The van der Waals surface area contributed by atoms with Crippen LogP contribution in [0.25, 0.3) is 0 Å². The third-order valence-corrected chi connectivity index (χ3v) is 3.86. The number of hydrogen-bond acceptors (Lipinski definition) is 1. The van der Waals surface area contributed by atoms with Crippen LogP contribution in [0.3, 0.4) is 0 Å². The molecule has 0 N–H and O–H groups in total. The fourth-order valence-corrected chi connectivity index (χ4v) is 3.03. The van der Waals surface area contributed by atoms with E-state index >= 15 is 0 Å². The van der Waals surface area contributed by atoms with Crippen molar-refractivity contribution < 1.29 is 4.79 Å². The predicted octanol–water partition coefficient (Wildman–Crippen LogP) is 2.94. The Morgan fingerprint density at radius 3 is 3.00 bits per heavy atom. The maximum atomic E-state index is 11.3. The van der Waals surface area contributed by atoms with Gasteiger partial charge in [0.05, 0.1) is 0 Å². The van der Waals surface area contributed by atoms with E-state index in [1.165, 1.54) is 32.1 Å². The lowest BCUT2D eigenvalue weighted by molar-refractivity contribution is -0.118. The molecule has 2 atom stereocenters. The largest absolute Gasteiger partial charge is 0.300 e. The highest BCUT2D eigenvalue weighted by Gasteiger charge is 2.42. The van der Waals surface area contributed by atoms with Crippen LogP contribution in [0.5, 0.6) is 0 Å². The minimum Gasteiger partial charge on any atom is -0.300 e. The predicted molar refractivity (Wildman–Crippen MR) is 48.9 cm³/mol. The molecule has 2 saturated carbocycles. The molecule has 0 saturated heterocycles. The summed E-state index contributed by atoms with van der Waals surface area (Å²) in [6.45, 7) is 2.33. The van der Waals surface area contributed by atoms with Gasteiger partial charge >= 0.3 is 0 Å². The molecule has 1 heteroatoms. The van der Waals surface area contributed by atoms with Gasteiger partial charge in [-0.05, 0) is 24.2 Å². The van der Waals surface area contributed by atoms with Crippen LogP contribution in [0, 0.1) is 11.3 Å². The lowest BCUT2D eigenvalue weighted by Gasteiger charge is -2.28. The minimum atomic E-state index is 0.396. The Kier molecular flexibility index (Phi) is 1.97. The molecule has 0 heterocycles. The fourth-order valence-electron chi connectivity index (χ4n) is 3.03. The Balaban J connectivity index is 2.15. The number of fused-ring (bicyclic) bond motifs is 1. The van der Waals surface area contributed by atoms with Crippen molar-refractivity contribution in [2.24, 2.45) is 11.3 Å². The van der Waals surface area contributed by atoms with Crippen molar-refractivity contribution in [3.8, 4) is 0 Å². The summed E-state index contributed by atoms with van der Waals surface area (Å²) >= 11 is 0. The Labute approximate surface area is 74.5 Å². The maximum Gasteiger partial charge on any atom is 0.133 e. The third kappa shape index (κ3) is 1.30. The van der Waals surface area contributed by atoms with Crippen LogP contribution in [0.4, 0.5) is 0 Å². The summed E-state index contributed by atoms with van der Waals surface area (Å²) in [6.07, 6.45) is 8.45. The maximum absolute atomic E-state index is 11.3. The first-order chi connectivity index (χ1) is 5.71. The summed E-state index contributed by atoms with van der Waals surface area (Å²) in [5.74, 6) is 1.25. The van der Waals surface area contributed by atoms with Crippen LogP contribution >= 0.6 is 0 Å². The summed E-state index contributed by atoms with van der Waals surface area (Å²) in [7, 11) is 0. The number of carbonyl (C=O) groups excluding carboxylic acids is 1. The Bertz CT molecular complexity index is 197. The van der Waals surface area contributed by atoms with Crippen LogP contribution < -0.4 is 0 Å². The zero-order valence-electron chi connectivity index (χ0n) is 7.94. The molecule has 2 unspecified atom stereocenters. The normalized spacial score (nSPS) is 42.4. The molecule has 1 nitrogen and oxygen atoms in total. The van der Waals surface area contributed by atoms with Crippen molar-refractivity contribution in [1.82, 2.24) is 0 Å². The molecule has 0 amide bonds. The first-order valence-electron chi connectivity index (χ1n) is 5.22. The molecule has 0 aromatic carbocycles. The summed E-state index contributed by atoms with van der Waals surface area (Å²) < 4.78 is 0. The van der Waals surface area contributed by atoms with Gasteiger partial charge in [-0.1, -0.05) is 26.2 Å². The van der Waals surface area contributed by atoms with E-state index in [9.17, 15) is 4.79 Å². The molecule has 0 bridgehead atoms. The number of Topliss-reactive ketones (excluding diaryl/α,β-unsaturated/α-hetero) is 1. The second-order valence-corrected chi connectivity index (χ2v) is 4.87. The van der Waals surface area contributed by atoms with Gasteiger partial charge in [-0.2, -0.15) is 0 Å². The van der Waals surface area contributed by atoms with E-state index in [1.807, 2.05) is 0 Å². The van der Waals surface area contributed by atoms with Gasteiger partial charge in [0.25, 0.3) is 0 Å². The van der Waals surface area contributed by atoms with Gasteiger partial charge in [-0.15, -0.1) is 0 Å². The van der Waals surface area contributed by atoms with E-state index in [4.69, 9.17) is 0 Å². The van der Waals surface area contributed by atoms with Gasteiger partial charge in [0, 0.05) is 12.8 Å². The van der Waals surface area contributed by atoms with Gasteiger partial charge in [-0.3, -0.25) is 4.79 Å². The van der Waals surface area contributed by atoms with Crippen molar-refractivity contribution >= 4 is 5.78 Å². The van der Waals surface area contributed by atoms with Crippen molar-refractivity contribution in [3.05, 3.63) is 0 Å².